The van der Waals surface area contributed by atoms with Crippen molar-refractivity contribution in [2.24, 2.45) is 0 Å². The molecular formula is C6H8N4O2. The maximum Gasteiger partial charge on any atom is 0.352 e. The molecule has 6 heteroatoms. The second-order valence-corrected chi connectivity index (χ2v) is 2.60. The fourth-order valence-corrected chi connectivity index (χ4v) is 1.22. The summed E-state index contributed by atoms with van der Waals surface area (Å²) in [6.45, 7) is 1.38. The van der Waals surface area contributed by atoms with Crippen molar-refractivity contribution in [3.8, 4) is 0 Å². The second-order valence-electron chi connectivity index (χ2n) is 2.60. The van der Waals surface area contributed by atoms with Crippen LogP contribution in [0.15, 0.2) is 9.59 Å². The Balaban J connectivity index is 2.68. The third-order valence-electron chi connectivity index (χ3n) is 1.76. The first-order chi connectivity index (χ1) is 5.77. The van der Waals surface area contributed by atoms with Gasteiger partial charge in [0.1, 0.15) is 0 Å². The molecule has 2 N–H and O–H groups in total. The van der Waals surface area contributed by atoms with Gasteiger partial charge in [-0.25, -0.2) is 9.59 Å². The third-order valence-corrected chi connectivity index (χ3v) is 1.76. The zero-order chi connectivity index (χ0) is 8.55. The number of rotatable bonds is 0. The molecule has 1 aliphatic rings. The van der Waals surface area contributed by atoms with Crippen LogP contribution in [0.3, 0.4) is 0 Å². The van der Waals surface area contributed by atoms with E-state index in [1.165, 1.54) is 4.57 Å². The molecule has 0 atom stereocenters. The van der Waals surface area contributed by atoms with Gasteiger partial charge in [-0.1, -0.05) is 0 Å². The summed E-state index contributed by atoms with van der Waals surface area (Å²) in [6, 6.07) is 0. The minimum Gasteiger partial charge on any atom is -0.355 e. The van der Waals surface area contributed by atoms with Crippen molar-refractivity contribution < 1.29 is 0 Å². The lowest BCUT2D eigenvalue weighted by Crippen LogP contribution is -2.37. The van der Waals surface area contributed by atoms with Gasteiger partial charge in [-0.15, -0.1) is 0 Å². The standard InChI is InChI=1S/C6H8N4O2/c11-5-8-4-7-2-1-3-10(4)6(12)9-5/h1-3H2,(H2,7,8,9,11,12). The van der Waals surface area contributed by atoms with E-state index in [2.05, 4.69) is 15.3 Å². The zero-order valence-corrected chi connectivity index (χ0v) is 6.33. The smallest absolute Gasteiger partial charge is 0.352 e. The molecule has 64 valence electrons. The van der Waals surface area contributed by atoms with Crippen LogP contribution in [-0.4, -0.2) is 21.1 Å². The van der Waals surface area contributed by atoms with Crippen molar-refractivity contribution in [2.45, 2.75) is 13.0 Å². The van der Waals surface area contributed by atoms with Crippen LogP contribution in [-0.2, 0) is 6.54 Å². The van der Waals surface area contributed by atoms with Gasteiger partial charge in [-0.2, -0.15) is 4.98 Å². The van der Waals surface area contributed by atoms with Crippen LogP contribution in [0.2, 0.25) is 0 Å². The minimum absolute atomic E-state index is 0.370. The Hall–Kier alpha value is -1.59. The Morgan fingerprint density at radius 1 is 1.42 bits per heavy atom. The van der Waals surface area contributed by atoms with Crippen LogP contribution in [0.5, 0.6) is 0 Å². The number of hydrogen-bond donors (Lipinski definition) is 2. The number of hydrogen-bond acceptors (Lipinski definition) is 4. The molecule has 2 heterocycles. The van der Waals surface area contributed by atoms with E-state index in [0.29, 0.717) is 12.5 Å². The molecule has 1 aromatic rings. The zero-order valence-electron chi connectivity index (χ0n) is 6.33. The highest BCUT2D eigenvalue weighted by molar-refractivity contribution is 5.24. The Kier molecular flexibility index (Phi) is 1.46. The molecule has 12 heavy (non-hydrogen) atoms. The number of nitrogens with zero attached hydrogens (tertiary/aromatic N) is 2. The van der Waals surface area contributed by atoms with Gasteiger partial charge in [0.05, 0.1) is 0 Å². The molecule has 0 radical (unpaired) electrons. The van der Waals surface area contributed by atoms with Crippen molar-refractivity contribution in [1.29, 1.82) is 0 Å². The maximum atomic E-state index is 11.1. The first kappa shape index (κ1) is 7.08. The van der Waals surface area contributed by atoms with Gasteiger partial charge in [0.15, 0.2) is 0 Å². The van der Waals surface area contributed by atoms with E-state index < -0.39 is 11.4 Å². The summed E-state index contributed by atoms with van der Waals surface area (Å²) in [7, 11) is 0. The molecular weight excluding hydrogens is 160 g/mol. The second kappa shape index (κ2) is 2.47. The first-order valence-corrected chi connectivity index (χ1v) is 3.72. The molecule has 0 amide bonds. The van der Waals surface area contributed by atoms with Crippen LogP contribution in [0, 0.1) is 0 Å². The number of anilines is 1. The van der Waals surface area contributed by atoms with E-state index >= 15 is 0 Å². The number of fused-ring (bicyclic) bond motifs is 1. The molecule has 0 aliphatic carbocycles. The summed E-state index contributed by atoms with van der Waals surface area (Å²) in [5, 5.41) is 2.88. The van der Waals surface area contributed by atoms with Crippen molar-refractivity contribution in [1.82, 2.24) is 14.5 Å². The van der Waals surface area contributed by atoms with Crippen molar-refractivity contribution in [2.75, 3.05) is 11.9 Å². The van der Waals surface area contributed by atoms with Crippen molar-refractivity contribution in [3.05, 3.63) is 21.0 Å². The highest BCUT2D eigenvalue weighted by Gasteiger charge is 2.10. The van der Waals surface area contributed by atoms with Crippen molar-refractivity contribution >= 4 is 5.95 Å². The highest BCUT2D eigenvalue weighted by Crippen LogP contribution is 2.03. The topological polar surface area (TPSA) is 79.8 Å². The Labute approximate surface area is 67.3 Å². The molecule has 0 fully saturated rings. The lowest BCUT2D eigenvalue weighted by atomic mass is 10.4. The lowest BCUT2D eigenvalue weighted by Gasteiger charge is -2.16. The maximum absolute atomic E-state index is 11.1. The van der Waals surface area contributed by atoms with Gasteiger partial charge < -0.3 is 5.32 Å². The molecule has 0 saturated carbocycles. The molecule has 0 spiro atoms. The number of nitrogens with one attached hydrogen (secondary N) is 2. The summed E-state index contributed by atoms with van der Waals surface area (Å²) in [5.41, 5.74) is -0.988. The van der Waals surface area contributed by atoms with Gasteiger partial charge in [-0.3, -0.25) is 9.55 Å². The van der Waals surface area contributed by atoms with Crippen LogP contribution in [0.1, 0.15) is 6.42 Å². The summed E-state index contributed by atoms with van der Waals surface area (Å²) < 4.78 is 1.42. The van der Waals surface area contributed by atoms with E-state index in [1.807, 2.05) is 0 Å². The van der Waals surface area contributed by atoms with E-state index in [4.69, 9.17) is 0 Å². The predicted molar refractivity (Wildman–Crippen MR) is 42.2 cm³/mol. The molecule has 0 saturated heterocycles. The van der Waals surface area contributed by atoms with Gasteiger partial charge in [0.25, 0.3) is 0 Å². The van der Waals surface area contributed by atoms with E-state index in [-0.39, 0.29) is 0 Å². The molecule has 2 rings (SSSR count). The molecule has 0 bridgehead atoms. The highest BCUT2D eigenvalue weighted by atomic mass is 16.2. The van der Waals surface area contributed by atoms with Crippen LogP contribution in [0.25, 0.3) is 0 Å². The largest absolute Gasteiger partial charge is 0.355 e. The van der Waals surface area contributed by atoms with Gasteiger partial charge in [-0.05, 0) is 6.42 Å². The van der Waals surface area contributed by atoms with Crippen molar-refractivity contribution in [3.63, 3.8) is 0 Å². The van der Waals surface area contributed by atoms with E-state index in [0.717, 1.165) is 13.0 Å². The summed E-state index contributed by atoms with van der Waals surface area (Å²) >= 11 is 0. The molecule has 1 aromatic heterocycles. The monoisotopic (exact) mass is 168 g/mol. The molecule has 6 nitrogen and oxygen atoms in total. The van der Waals surface area contributed by atoms with Gasteiger partial charge in [0.2, 0.25) is 5.95 Å². The molecule has 1 aliphatic heterocycles. The fourth-order valence-electron chi connectivity index (χ4n) is 1.22. The lowest BCUT2D eigenvalue weighted by molar-refractivity contribution is 0.574. The summed E-state index contributed by atoms with van der Waals surface area (Å²) in [4.78, 5) is 27.6. The Bertz CT molecular complexity index is 405. The Morgan fingerprint density at radius 3 is 3.08 bits per heavy atom. The van der Waals surface area contributed by atoms with E-state index in [1.54, 1.807) is 0 Å². The average molecular weight is 168 g/mol. The van der Waals surface area contributed by atoms with Crippen LogP contribution >= 0.6 is 0 Å². The molecule has 0 aromatic carbocycles. The summed E-state index contributed by atoms with van der Waals surface area (Å²) in [6.07, 6.45) is 0.876. The normalized spacial score (nSPS) is 15.0. The number of aromatic amines is 1. The quantitative estimate of drug-likeness (QED) is 0.507. The third kappa shape index (κ3) is 1.01. The van der Waals surface area contributed by atoms with E-state index in [9.17, 15) is 9.59 Å². The van der Waals surface area contributed by atoms with Gasteiger partial charge >= 0.3 is 11.4 Å². The van der Waals surface area contributed by atoms with Crippen LogP contribution < -0.4 is 16.7 Å². The number of H-pyrrole nitrogens is 1. The predicted octanol–water partition coefficient (Wildman–Crippen LogP) is -1.25. The average Bonchev–Trinajstić information content (AvgIpc) is 2.04. The minimum atomic E-state index is -0.597. The number of aromatic nitrogens is 3. The fraction of sp³-hybridized carbons (Fsp3) is 0.500. The first-order valence-electron chi connectivity index (χ1n) is 3.72. The van der Waals surface area contributed by atoms with Gasteiger partial charge in [0, 0.05) is 13.1 Å². The molecule has 0 unspecified atom stereocenters. The Morgan fingerprint density at radius 2 is 2.25 bits per heavy atom. The SMILES string of the molecule is O=c1nc2n(c(=O)[nH]1)CCCN2. The summed E-state index contributed by atoms with van der Waals surface area (Å²) in [5.74, 6) is 0.370. The van der Waals surface area contributed by atoms with Crippen LogP contribution in [0.4, 0.5) is 5.95 Å².